The van der Waals surface area contributed by atoms with Crippen molar-refractivity contribution >= 4 is 11.6 Å². The van der Waals surface area contributed by atoms with Gasteiger partial charge in [-0.15, -0.1) is 0 Å². The number of nitrogens with zero attached hydrogens (tertiary/aromatic N) is 2. The van der Waals surface area contributed by atoms with Crippen LogP contribution in [-0.2, 0) is 6.54 Å². The van der Waals surface area contributed by atoms with Gasteiger partial charge in [0.15, 0.2) is 0 Å². The molecule has 0 atom stereocenters. The number of ether oxygens (including phenoxy) is 1. The summed E-state index contributed by atoms with van der Waals surface area (Å²) in [6.07, 6.45) is 1.26. The van der Waals surface area contributed by atoms with E-state index in [0.717, 1.165) is 5.56 Å². The lowest BCUT2D eigenvalue weighted by Crippen LogP contribution is -2.25. The highest BCUT2D eigenvalue weighted by atomic mass is 19.1. The van der Waals surface area contributed by atoms with Crippen molar-refractivity contribution in [2.24, 2.45) is 0 Å². The highest BCUT2D eigenvalue weighted by molar-refractivity contribution is 5.94. The maximum Gasteiger partial charge on any atom is 0.270 e. The molecule has 0 spiro atoms. The molecule has 2 heterocycles. The first-order valence-corrected chi connectivity index (χ1v) is 7.14. The van der Waals surface area contributed by atoms with Crippen LogP contribution in [0.3, 0.4) is 0 Å². The predicted octanol–water partition coefficient (Wildman–Crippen LogP) is 2.72. The van der Waals surface area contributed by atoms with E-state index in [9.17, 15) is 9.18 Å². The first-order chi connectivity index (χ1) is 11.1. The van der Waals surface area contributed by atoms with E-state index >= 15 is 0 Å². The van der Waals surface area contributed by atoms with E-state index < -0.39 is 5.82 Å². The Morgan fingerprint density at radius 2 is 2.09 bits per heavy atom. The maximum atomic E-state index is 13.4. The van der Waals surface area contributed by atoms with Crippen LogP contribution in [0.15, 0.2) is 42.6 Å². The van der Waals surface area contributed by atoms with Gasteiger partial charge >= 0.3 is 0 Å². The second kappa shape index (κ2) is 6.08. The Kier molecular flexibility index (Phi) is 3.97. The fourth-order valence-electron chi connectivity index (χ4n) is 2.52. The number of carbonyl (C=O) groups excluding carboxylic acids is 1. The van der Waals surface area contributed by atoms with E-state index in [2.05, 4.69) is 10.3 Å². The minimum Gasteiger partial charge on any atom is -0.496 e. The standard InChI is InChI=1S/C17H16FN3O2/c1-11-16(21-10-13(18)7-8-15(21)20-11)17(22)19-9-12-5-3-4-6-14(12)23-2/h3-8,10H,9H2,1-2H3,(H,19,22). The van der Waals surface area contributed by atoms with Gasteiger partial charge in [-0.05, 0) is 25.1 Å². The lowest BCUT2D eigenvalue weighted by Gasteiger charge is -2.10. The summed E-state index contributed by atoms with van der Waals surface area (Å²) in [6.45, 7) is 2.04. The third kappa shape index (κ3) is 2.88. The van der Waals surface area contributed by atoms with Gasteiger partial charge in [0.1, 0.15) is 22.9 Å². The fraction of sp³-hybridized carbons (Fsp3) is 0.176. The number of para-hydroxylation sites is 1. The molecule has 3 aromatic rings. The highest BCUT2D eigenvalue weighted by Crippen LogP contribution is 2.18. The summed E-state index contributed by atoms with van der Waals surface area (Å²) < 4.78 is 20.2. The summed E-state index contributed by atoms with van der Waals surface area (Å²) in [5.41, 5.74) is 2.27. The van der Waals surface area contributed by atoms with E-state index in [0.29, 0.717) is 29.3 Å². The Morgan fingerprint density at radius 3 is 2.87 bits per heavy atom. The SMILES string of the molecule is COc1ccccc1CNC(=O)c1c(C)nc2ccc(F)cn12. The summed E-state index contributed by atoms with van der Waals surface area (Å²) in [5.74, 6) is -0.0334. The molecule has 23 heavy (non-hydrogen) atoms. The molecule has 0 aliphatic rings. The smallest absolute Gasteiger partial charge is 0.270 e. The maximum absolute atomic E-state index is 13.4. The van der Waals surface area contributed by atoms with Crippen molar-refractivity contribution < 1.29 is 13.9 Å². The lowest BCUT2D eigenvalue weighted by molar-refractivity contribution is 0.0944. The zero-order valence-electron chi connectivity index (χ0n) is 12.8. The van der Waals surface area contributed by atoms with Gasteiger partial charge in [-0.2, -0.15) is 0 Å². The molecule has 0 bridgehead atoms. The van der Waals surface area contributed by atoms with Gasteiger partial charge in [0.2, 0.25) is 0 Å². The van der Waals surface area contributed by atoms with Crippen LogP contribution in [0.2, 0.25) is 0 Å². The van der Waals surface area contributed by atoms with Crippen molar-refractivity contribution in [2.75, 3.05) is 7.11 Å². The van der Waals surface area contributed by atoms with E-state index in [1.54, 1.807) is 20.1 Å². The number of hydrogen-bond donors (Lipinski definition) is 1. The lowest BCUT2D eigenvalue weighted by atomic mass is 10.2. The van der Waals surface area contributed by atoms with Crippen molar-refractivity contribution in [2.45, 2.75) is 13.5 Å². The van der Waals surface area contributed by atoms with Gasteiger partial charge in [0.25, 0.3) is 5.91 Å². The molecule has 1 aromatic carbocycles. The Labute approximate surface area is 132 Å². The first kappa shape index (κ1) is 15.0. The van der Waals surface area contributed by atoms with E-state index in [1.165, 1.54) is 16.7 Å². The number of aromatic nitrogens is 2. The summed E-state index contributed by atoms with van der Waals surface area (Å²) >= 11 is 0. The van der Waals surface area contributed by atoms with Crippen molar-refractivity contribution in [3.05, 3.63) is 65.4 Å². The molecule has 0 aliphatic heterocycles. The van der Waals surface area contributed by atoms with Gasteiger partial charge < -0.3 is 10.1 Å². The quantitative estimate of drug-likeness (QED) is 0.806. The number of nitrogens with one attached hydrogen (secondary N) is 1. The molecule has 0 saturated carbocycles. The minimum absolute atomic E-state index is 0.310. The van der Waals surface area contributed by atoms with E-state index in [-0.39, 0.29) is 5.91 Å². The second-order valence-corrected chi connectivity index (χ2v) is 5.12. The number of methoxy groups -OCH3 is 1. The average molecular weight is 313 g/mol. The average Bonchev–Trinajstić information content (AvgIpc) is 2.88. The van der Waals surface area contributed by atoms with Crippen LogP contribution in [0.4, 0.5) is 4.39 Å². The number of fused-ring (bicyclic) bond motifs is 1. The second-order valence-electron chi connectivity index (χ2n) is 5.12. The van der Waals surface area contributed by atoms with Crippen LogP contribution in [0.5, 0.6) is 5.75 Å². The van der Waals surface area contributed by atoms with Gasteiger partial charge in [-0.1, -0.05) is 18.2 Å². The van der Waals surface area contributed by atoms with Crippen LogP contribution in [0.1, 0.15) is 21.7 Å². The Bertz CT molecular complexity index is 873. The fourth-order valence-corrected chi connectivity index (χ4v) is 2.52. The number of aryl methyl sites for hydroxylation is 1. The molecule has 2 aromatic heterocycles. The summed E-state index contributed by atoms with van der Waals surface area (Å²) in [6, 6.07) is 10.3. The normalized spacial score (nSPS) is 10.7. The zero-order chi connectivity index (χ0) is 16.4. The third-order valence-corrected chi connectivity index (χ3v) is 3.60. The van der Waals surface area contributed by atoms with Gasteiger partial charge in [-0.25, -0.2) is 9.37 Å². The van der Waals surface area contributed by atoms with Crippen LogP contribution in [-0.4, -0.2) is 22.4 Å². The van der Waals surface area contributed by atoms with Crippen LogP contribution in [0.25, 0.3) is 5.65 Å². The summed E-state index contributed by atoms with van der Waals surface area (Å²) in [7, 11) is 1.58. The molecule has 118 valence electrons. The summed E-state index contributed by atoms with van der Waals surface area (Å²) in [4.78, 5) is 16.8. The number of hydrogen-bond acceptors (Lipinski definition) is 3. The van der Waals surface area contributed by atoms with Gasteiger partial charge in [-0.3, -0.25) is 9.20 Å². The van der Waals surface area contributed by atoms with Crippen molar-refractivity contribution in [1.82, 2.24) is 14.7 Å². The van der Waals surface area contributed by atoms with E-state index in [1.807, 2.05) is 24.3 Å². The molecule has 0 fully saturated rings. The monoisotopic (exact) mass is 313 g/mol. The Hall–Kier alpha value is -2.89. The number of amides is 1. The molecular weight excluding hydrogens is 297 g/mol. The Balaban J connectivity index is 1.86. The molecule has 0 radical (unpaired) electrons. The van der Waals surface area contributed by atoms with Crippen molar-refractivity contribution in [1.29, 1.82) is 0 Å². The van der Waals surface area contributed by atoms with Crippen LogP contribution >= 0.6 is 0 Å². The van der Waals surface area contributed by atoms with Crippen molar-refractivity contribution in [3.8, 4) is 5.75 Å². The summed E-state index contributed by atoms with van der Waals surface area (Å²) in [5, 5.41) is 2.83. The molecule has 0 saturated heterocycles. The predicted molar refractivity (Wildman–Crippen MR) is 84.1 cm³/mol. The molecular formula is C17H16FN3O2. The largest absolute Gasteiger partial charge is 0.496 e. The van der Waals surface area contributed by atoms with Crippen LogP contribution < -0.4 is 10.1 Å². The number of rotatable bonds is 4. The third-order valence-electron chi connectivity index (χ3n) is 3.60. The minimum atomic E-state index is -0.423. The number of carbonyl (C=O) groups is 1. The van der Waals surface area contributed by atoms with Crippen LogP contribution in [0, 0.1) is 12.7 Å². The van der Waals surface area contributed by atoms with Crippen molar-refractivity contribution in [3.63, 3.8) is 0 Å². The molecule has 3 rings (SSSR count). The number of pyridine rings is 1. The van der Waals surface area contributed by atoms with Gasteiger partial charge in [0, 0.05) is 18.3 Å². The highest BCUT2D eigenvalue weighted by Gasteiger charge is 2.17. The Morgan fingerprint density at radius 1 is 1.30 bits per heavy atom. The molecule has 6 heteroatoms. The molecule has 0 unspecified atom stereocenters. The van der Waals surface area contributed by atoms with E-state index in [4.69, 9.17) is 4.74 Å². The molecule has 1 N–H and O–H groups in total. The number of benzene rings is 1. The molecule has 1 amide bonds. The topological polar surface area (TPSA) is 55.6 Å². The van der Waals surface area contributed by atoms with Gasteiger partial charge in [0.05, 0.1) is 12.8 Å². The molecule has 0 aliphatic carbocycles. The zero-order valence-corrected chi connectivity index (χ0v) is 12.8. The first-order valence-electron chi connectivity index (χ1n) is 7.14. The number of imidazole rings is 1. The number of halogens is 1. The molecule has 5 nitrogen and oxygen atoms in total.